The quantitative estimate of drug-likeness (QED) is 0.797. The van der Waals surface area contributed by atoms with Gasteiger partial charge in [0, 0.05) is 20.1 Å². The fourth-order valence-electron chi connectivity index (χ4n) is 1.55. The van der Waals surface area contributed by atoms with Crippen molar-refractivity contribution in [1.82, 2.24) is 14.1 Å². The van der Waals surface area contributed by atoms with E-state index in [1.807, 2.05) is 0 Å². The molecule has 98 valence electrons. The molecule has 0 aliphatic heterocycles. The average Bonchev–Trinajstić information content (AvgIpc) is 2.46. The predicted molar refractivity (Wildman–Crippen MR) is 67.8 cm³/mol. The average molecular weight is 261 g/mol. The topological polar surface area (TPSA) is 93.2 Å². The summed E-state index contributed by atoms with van der Waals surface area (Å²) in [5.74, 6) is 0.300. The first-order valence-electron chi connectivity index (χ1n) is 5.40. The van der Waals surface area contributed by atoms with Crippen LogP contribution in [0.1, 0.15) is 19.5 Å². The molecule has 1 aromatic heterocycles. The number of hydrogen-bond acceptors (Lipinski definition) is 4. The van der Waals surface area contributed by atoms with Gasteiger partial charge in [-0.05, 0) is 6.92 Å². The Hall–Kier alpha value is -1.28. The molecule has 0 aromatic carbocycles. The molecule has 1 aromatic rings. The van der Waals surface area contributed by atoms with Gasteiger partial charge in [-0.25, -0.2) is 4.68 Å². The summed E-state index contributed by atoms with van der Waals surface area (Å²) < 4.78 is 29.2. The lowest BCUT2D eigenvalue weighted by Gasteiger charge is -2.19. The van der Waals surface area contributed by atoms with Crippen LogP contribution < -0.4 is 10.5 Å². The second-order valence-corrected chi connectivity index (χ2v) is 5.33. The maximum absolute atomic E-state index is 12.0. The van der Waals surface area contributed by atoms with Gasteiger partial charge in [-0.1, -0.05) is 13.8 Å². The number of hydrogen-bond donors (Lipinski definition) is 2. The van der Waals surface area contributed by atoms with E-state index in [-0.39, 0.29) is 0 Å². The van der Waals surface area contributed by atoms with Crippen LogP contribution in [0.25, 0.3) is 0 Å². The van der Waals surface area contributed by atoms with Crippen LogP contribution in [-0.4, -0.2) is 35.6 Å². The van der Waals surface area contributed by atoms with Gasteiger partial charge in [-0.3, -0.25) is 4.72 Å². The molecule has 17 heavy (non-hydrogen) atoms. The summed E-state index contributed by atoms with van der Waals surface area (Å²) in [4.78, 5) is 0. The van der Waals surface area contributed by atoms with Gasteiger partial charge in [-0.2, -0.15) is 17.8 Å². The Bertz CT molecular complexity index is 490. The van der Waals surface area contributed by atoms with E-state index >= 15 is 0 Å². The summed E-state index contributed by atoms with van der Waals surface area (Å²) in [7, 11) is -1.92. The van der Waals surface area contributed by atoms with E-state index < -0.39 is 10.2 Å². The predicted octanol–water partition coefficient (Wildman–Crippen LogP) is 0.309. The minimum absolute atomic E-state index is 0.300. The van der Waals surface area contributed by atoms with E-state index in [0.29, 0.717) is 30.3 Å². The third-order valence-corrected chi connectivity index (χ3v) is 4.19. The number of anilines is 2. The zero-order valence-corrected chi connectivity index (χ0v) is 11.4. The molecule has 8 heteroatoms. The first-order valence-corrected chi connectivity index (χ1v) is 6.84. The van der Waals surface area contributed by atoms with E-state index in [1.165, 1.54) is 8.99 Å². The second kappa shape index (κ2) is 4.92. The van der Waals surface area contributed by atoms with Crippen molar-refractivity contribution in [1.29, 1.82) is 0 Å². The fraction of sp³-hybridized carbons (Fsp3) is 0.667. The van der Waals surface area contributed by atoms with Gasteiger partial charge in [0.1, 0.15) is 0 Å². The largest absolute Gasteiger partial charge is 0.394 e. The minimum Gasteiger partial charge on any atom is -0.394 e. The highest BCUT2D eigenvalue weighted by Gasteiger charge is 2.22. The monoisotopic (exact) mass is 261 g/mol. The van der Waals surface area contributed by atoms with Crippen molar-refractivity contribution in [2.45, 2.75) is 20.8 Å². The molecule has 0 bridgehead atoms. The van der Waals surface area contributed by atoms with Crippen molar-refractivity contribution < 1.29 is 8.42 Å². The van der Waals surface area contributed by atoms with Crippen LogP contribution in [0.4, 0.5) is 11.5 Å². The van der Waals surface area contributed by atoms with Gasteiger partial charge in [0.25, 0.3) is 0 Å². The summed E-state index contributed by atoms with van der Waals surface area (Å²) in [6, 6.07) is 0. The Morgan fingerprint density at radius 3 is 2.29 bits per heavy atom. The lowest BCUT2D eigenvalue weighted by molar-refractivity contribution is 0.449. The molecule has 0 saturated heterocycles. The number of nitrogens with two attached hydrogens (primary N) is 1. The van der Waals surface area contributed by atoms with Gasteiger partial charge in [0.05, 0.1) is 11.4 Å². The van der Waals surface area contributed by atoms with E-state index in [0.717, 1.165) is 0 Å². The lowest BCUT2D eigenvalue weighted by atomic mass is 10.4. The number of nitrogens with one attached hydrogen (secondary N) is 1. The molecule has 0 fully saturated rings. The van der Waals surface area contributed by atoms with Crippen LogP contribution >= 0.6 is 0 Å². The molecule has 0 amide bonds. The number of rotatable bonds is 5. The number of nitrogens with zero attached hydrogens (tertiary/aromatic N) is 3. The van der Waals surface area contributed by atoms with Gasteiger partial charge in [0.2, 0.25) is 0 Å². The van der Waals surface area contributed by atoms with Crippen LogP contribution in [0.2, 0.25) is 0 Å². The maximum Gasteiger partial charge on any atom is 0.302 e. The Balaban J connectivity index is 3.06. The number of aromatic nitrogens is 2. The second-order valence-electron chi connectivity index (χ2n) is 3.66. The maximum atomic E-state index is 12.0. The van der Waals surface area contributed by atoms with Crippen LogP contribution in [0.3, 0.4) is 0 Å². The highest BCUT2D eigenvalue weighted by atomic mass is 32.2. The highest BCUT2D eigenvalue weighted by Crippen LogP contribution is 2.22. The van der Waals surface area contributed by atoms with E-state index in [1.54, 1.807) is 27.8 Å². The smallest absolute Gasteiger partial charge is 0.302 e. The van der Waals surface area contributed by atoms with Crippen molar-refractivity contribution in [3.05, 3.63) is 5.69 Å². The molecule has 0 radical (unpaired) electrons. The fourth-order valence-corrected chi connectivity index (χ4v) is 2.84. The van der Waals surface area contributed by atoms with Crippen LogP contribution in [0.5, 0.6) is 0 Å². The molecular weight excluding hydrogens is 242 g/mol. The SMILES string of the molecule is CCN(CC)S(=O)(=O)Nc1c(N)c(C)nn1C. The minimum atomic E-state index is -3.56. The molecule has 0 unspecified atom stereocenters. The molecule has 0 spiro atoms. The van der Waals surface area contributed by atoms with Gasteiger partial charge >= 0.3 is 10.2 Å². The first kappa shape index (κ1) is 13.8. The molecule has 1 heterocycles. The summed E-state index contributed by atoms with van der Waals surface area (Å²) in [5.41, 5.74) is 6.72. The van der Waals surface area contributed by atoms with Crippen molar-refractivity contribution in [3.8, 4) is 0 Å². The third-order valence-electron chi connectivity index (χ3n) is 2.54. The molecule has 0 atom stereocenters. The summed E-state index contributed by atoms with van der Waals surface area (Å²) in [5, 5.41) is 4.05. The third kappa shape index (κ3) is 2.70. The lowest BCUT2D eigenvalue weighted by Crippen LogP contribution is -2.36. The molecule has 1 rings (SSSR count). The zero-order valence-electron chi connectivity index (χ0n) is 10.6. The molecule has 0 aliphatic carbocycles. The normalized spacial score (nSPS) is 12.1. The molecule has 0 aliphatic rings. The van der Waals surface area contributed by atoms with E-state index in [9.17, 15) is 8.42 Å². The molecular formula is C9H19N5O2S. The molecule has 3 N–H and O–H groups in total. The van der Waals surface area contributed by atoms with Gasteiger partial charge in [0.15, 0.2) is 5.82 Å². The number of nitrogen functional groups attached to an aromatic ring is 1. The Kier molecular flexibility index (Phi) is 3.99. The van der Waals surface area contributed by atoms with E-state index in [4.69, 9.17) is 5.73 Å². The Labute approximate surface area is 102 Å². The van der Waals surface area contributed by atoms with Crippen LogP contribution in [0.15, 0.2) is 0 Å². The van der Waals surface area contributed by atoms with E-state index in [2.05, 4.69) is 9.82 Å². The molecule has 0 saturated carbocycles. The summed E-state index contributed by atoms with van der Waals surface area (Å²) in [6.07, 6.45) is 0. The van der Waals surface area contributed by atoms with Crippen LogP contribution in [-0.2, 0) is 17.3 Å². The van der Waals surface area contributed by atoms with Gasteiger partial charge in [-0.15, -0.1) is 0 Å². The Morgan fingerprint density at radius 1 is 1.41 bits per heavy atom. The van der Waals surface area contributed by atoms with Crippen molar-refractivity contribution in [2.24, 2.45) is 7.05 Å². The van der Waals surface area contributed by atoms with Crippen molar-refractivity contribution >= 4 is 21.7 Å². The first-order chi connectivity index (χ1) is 7.83. The summed E-state index contributed by atoms with van der Waals surface area (Å²) >= 11 is 0. The molecule has 7 nitrogen and oxygen atoms in total. The van der Waals surface area contributed by atoms with Crippen LogP contribution in [0, 0.1) is 6.92 Å². The highest BCUT2D eigenvalue weighted by molar-refractivity contribution is 7.90. The Morgan fingerprint density at radius 2 is 1.94 bits per heavy atom. The van der Waals surface area contributed by atoms with Gasteiger partial charge < -0.3 is 5.73 Å². The van der Waals surface area contributed by atoms with Crippen molar-refractivity contribution in [2.75, 3.05) is 23.5 Å². The van der Waals surface area contributed by atoms with Crippen molar-refractivity contribution in [3.63, 3.8) is 0 Å². The number of aryl methyl sites for hydroxylation is 2. The summed E-state index contributed by atoms with van der Waals surface area (Å²) in [6.45, 7) is 6.09. The standard InChI is InChI=1S/C9H19N5O2S/c1-5-14(6-2)17(15,16)12-9-8(10)7(3)11-13(9)4/h12H,5-6,10H2,1-4H3. The zero-order chi connectivity index (χ0) is 13.2.